The largest absolute Gasteiger partial charge is 0.490 e. The molecule has 0 aromatic heterocycles. The summed E-state index contributed by atoms with van der Waals surface area (Å²) in [6.07, 6.45) is 0.387. The SMILES string of the molecule is CCN(CC(O)c1ccc2c(c1)OCCCO2)C(C)C. The molecule has 0 radical (unpaired) electrons. The lowest BCUT2D eigenvalue weighted by Crippen LogP contribution is -2.34. The second kappa shape index (κ2) is 6.95. The quantitative estimate of drug-likeness (QED) is 0.899. The van der Waals surface area contributed by atoms with Gasteiger partial charge in [-0.1, -0.05) is 13.0 Å². The smallest absolute Gasteiger partial charge is 0.161 e. The molecular formula is C16H25NO3. The molecule has 0 bridgehead atoms. The van der Waals surface area contributed by atoms with Crippen LogP contribution in [0.1, 0.15) is 38.9 Å². The van der Waals surface area contributed by atoms with Crippen molar-refractivity contribution < 1.29 is 14.6 Å². The predicted octanol–water partition coefficient (Wildman–Crippen LogP) is 2.61. The van der Waals surface area contributed by atoms with Gasteiger partial charge in [0, 0.05) is 19.0 Å². The summed E-state index contributed by atoms with van der Waals surface area (Å²) in [5.41, 5.74) is 0.883. The third kappa shape index (κ3) is 3.64. The van der Waals surface area contributed by atoms with Crippen LogP contribution in [0.5, 0.6) is 11.5 Å². The molecule has 0 saturated heterocycles. The van der Waals surface area contributed by atoms with Gasteiger partial charge in [-0.2, -0.15) is 0 Å². The van der Waals surface area contributed by atoms with Gasteiger partial charge in [-0.3, -0.25) is 4.90 Å². The second-order valence-electron chi connectivity index (χ2n) is 5.45. The molecule has 112 valence electrons. The summed E-state index contributed by atoms with van der Waals surface area (Å²) in [5, 5.41) is 10.4. The molecule has 1 aliphatic rings. The molecule has 1 aromatic rings. The van der Waals surface area contributed by atoms with Gasteiger partial charge in [-0.25, -0.2) is 0 Å². The first-order valence-electron chi connectivity index (χ1n) is 7.43. The number of fused-ring (bicyclic) bond motifs is 1. The lowest BCUT2D eigenvalue weighted by molar-refractivity contribution is 0.0989. The highest BCUT2D eigenvalue weighted by atomic mass is 16.5. The molecule has 1 heterocycles. The van der Waals surface area contributed by atoms with Gasteiger partial charge in [0.15, 0.2) is 11.5 Å². The Labute approximate surface area is 121 Å². The van der Waals surface area contributed by atoms with Crippen LogP contribution in [0, 0.1) is 0 Å². The molecule has 1 unspecified atom stereocenters. The van der Waals surface area contributed by atoms with Crippen LogP contribution in [-0.4, -0.2) is 42.4 Å². The number of hydrogen-bond donors (Lipinski definition) is 1. The van der Waals surface area contributed by atoms with E-state index >= 15 is 0 Å². The number of benzene rings is 1. The first-order valence-corrected chi connectivity index (χ1v) is 7.43. The van der Waals surface area contributed by atoms with Gasteiger partial charge in [0.1, 0.15) is 0 Å². The lowest BCUT2D eigenvalue weighted by Gasteiger charge is -2.27. The Morgan fingerprint density at radius 3 is 2.55 bits per heavy atom. The number of likely N-dealkylation sites (N-methyl/N-ethyl adjacent to an activating group) is 1. The number of rotatable bonds is 5. The Bertz CT molecular complexity index is 434. The van der Waals surface area contributed by atoms with Crippen LogP contribution in [-0.2, 0) is 0 Å². The van der Waals surface area contributed by atoms with Crippen molar-refractivity contribution >= 4 is 0 Å². The normalized spacial score (nSPS) is 16.3. The first-order chi connectivity index (χ1) is 9.61. The molecule has 0 amide bonds. The minimum absolute atomic E-state index is 0.426. The van der Waals surface area contributed by atoms with E-state index in [0.717, 1.165) is 30.0 Å². The van der Waals surface area contributed by atoms with Gasteiger partial charge in [0.25, 0.3) is 0 Å². The first kappa shape index (κ1) is 15.1. The van der Waals surface area contributed by atoms with Crippen LogP contribution >= 0.6 is 0 Å². The van der Waals surface area contributed by atoms with E-state index < -0.39 is 6.10 Å². The molecule has 2 rings (SSSR count). The van der Waals surface area contributed by atoms with Crippen molar-refractivity contribution in [3.8, 4) is 11.5 Å². The van der Waals surface area contributed by atoms with E-state index in [9.17, 15) is 5.11 Å². The maximum absolute atomic E-state index is 10.4. The summed E-state index contributed by atoms with van der Waals surface area (Å²) < 4.78 is 11.3. The molecular weight excluding hydrogens is 254 g/mol. The molecule has 1 N–H and O–H groups in total. The van der Waals surface area contributed by atoms with Gasteiger partial charge in [-0.05, 0) is 38.1 Å². The summed E-state index contributed by atoms with van der Waals surface area (Å²) >= 11 is 0. The minimum Gasteiger partial charge on any atom is -0.490 e. The minimum atomic E-state index is -0.505. The highest BCUT2D eigenvalue weighted by Crippen LogP contribution is 2.32. The van der Waals surface area contributed by atoms with Gasteiger partial charge in [0.05, 0.1) is 19.3 Å². The Hall–Kier alpha value is -1.26. The summed E-state index contributed by atoms with van der Waals surface area (Å²) in [6.45, 7) is 9.31. The molecule has 0 saturated carbocycles. The molecule has 1 aliphatic heterocycles. The number of aliphatic hydroxyl groups is 1. The monoisotopic (exact) mass is 279 g/mol. The summed E-state index contributed by atoms with van der Waals surface area (Å²) in [4.78, 5) is 2.24. The Morgan fingerprint density at radius 1 is 1.20 bits per heavy atom. The third-order valence-electron chi connectivity index (χ3n) is 3.70. The molecule has 1 aromatic carbocycles. The van der Waals surface area contributed by atoms with E-state index in [0.29, 0.717) is 25.8 Å². The average molecular weight is 279 g/mol. The lowest BCUT2D eigenvalue weighted by atomic mass is 10.1. The third-order valence-corrected chi connectivity index (χ3v) is 3.70. The highest BCUT2D eigenvalue weighted by Gasteiger charge is 2.17. The summed E-state index contributed by atoms with van der Waals surface area (Å²) in [7, 11) is 0. The number of nitrogens with zero attached hydrogens (tertiary/aromatic N) is 1. The van der Waals surface area contributed by atoms with Crippen molar-refractivity contribution in [3.63, 3.8) is 0 Å². The zero-order valence-corrected chi connectivity index (χ0v) is 12.6. The Kier molecular flexibility index (Phi) is 5.26. The Balaban J connectivity index is 2.10. The van der Waals surface area contributed by atoms with Gasteiger partial charge >= 0.3 is 0 Å². The highest BCUT2D eigenvalue weighted by molar-refractivity contribution is 5.44. The maximum Gasteiger partial charge on any atom is 0.161 e. The topological polar surface area (TPSA) is 41.9 Å². The Morgan fingerprint density at radius 2 is 1.90 bits per heavy atom. The van der Waals surface area contributed by atoms with Gasteiger partial charge in [0.2, 0.25) is 0 Å². The van der Waals surface area contributed by atoms with E-state index in [1.54, 1.807) is 0 Å². The van der Waals surface area contributed by atoms with Gasteiger partial charge in [-0.15, -0.1) is 0 Å². The number of aliphatic hydroxyl groups excluding tert-OH is 1. The van der Waals surface area contributed by atoms with E-state index in [1.807, 2.05) is 18.2 Å². The summed E-state index contributed by atoms with van der Waals surface area (Å²) in [5.74, 6) is 1.52. The van der Waals surface area contributed by atoms with E-state index in [4.69, 9.17) is 9.47 Å². The predicted molar refractivity (Wildman–Crippen MR) is 79.4 cm³/mol. The van der Waals surface area contributed by atoms with Crippen molar-refractivity contribution in [3.05, 3.63) is 23.8 Å². The van der Waals surface area contributed by atoms with Crippen LogP contribution in [0.4, 0.5) is 0 Å². The molecule has 0 fully saturated rings. The van der Waals surface area contributed by atoms with Crippen LogP contribution in [0.15, 0.2) is 18.2 Å². The van der Waals surface area contributed by atoms with E-state index in [1.165, 1.54) is 0 Å². The zero-order valence-electron chi connectivity index (χ0n) is 12.6. The maximum atomic E-state index is 10.4. The fourth-order valence-electron chi connectivity index (χ4n) is 2.42. The number of hydrogen-bond acceptors (Lipinski definition) is 4. The van der Waals surface area contributed by atoms with Crippen molar-refractivity contribution in [2.45, 2.75) is 39.3 Å². The molecule has 20 heavy (non-hydrogen) atoms. The van der Waals surface area contributed by atoms with Crippen molar-refractivity contribution in [1.29, 1.82) is 0 Å². The molecule has 4 heteroatoms. The standard InChI is InChI=1S/C16H25NO3/c1-4-17(12(2)3)11-14(18)13-6-7-15-16(10-13)20-9-5-8-19-15/h6-7,10,12,14,18H,4-5,8-9,11H2,1-3H3. The average Bonchev–Trinajstić information content (AvgIpc) is 2.68. The fraction of sp³-hybridized carbons (Fsp3) is 0.625. The van der Waals surface area contributed by atoms with E-state index in [-0.39, 0.29) is 0 Å². The number of ether oxygens (including phenoxy) is 2. The molecule has 0 aliphatic carbocycles. The van der Waals surface area contributed by atoms with Crippen LogP contribution in [0.2, 0.25) is 0 Å². The van der Waals surface area contributed by atoms with Crippen molar-refractivity contribution in [2.24, 2.45) is 0 Å². The second-order valence-corrected chi connectivity index (χ2v) is 5.45. The van der Waals surface area contributed by atoms with Crippen LogP contribution in [0.25, 0.3) is 0 Å². The molecule has 1 atom stereocenters. The van der Waals surface area contributed by atoms with Gasteiger partial charge < -0.3 is 14.6 Å². The fourth-order valence-corrected chi connectivity index (χ4v) is 2.42. The zero-order chi connectivity index (χ0) is 14.5. The van der Waals surface area contributed by atoms with Crippen molar-refractivity contribution in [2.75, 3.05) is 26.3 Å². The summed E-state index contributed by atoms with van der Waals surface area (Å²) in [6, 6.07) is 6.14. The van der Waals surface area contributed by atoms with Crippen LogP contribution < -0.4 is 9.47 Å². The van der Waals surface area contributed by atoms with Crippen LogP contribution in [0.3, 0.4) is 0 Å². The molecule has 0 spiro atoms. The van der Waals surface area contributed by atoms with Crippen molar-refractivity contribution in [1.82, 2.24) is 4.90 Å². The van der Waals surface area contributed by atoms with E-state index in [2.05, 4.69) is 25.7 Å². The molecule has 4 nitrogen and oxygen atoms in total.